The number of amides is 1. The Morgan fingerprint density at radius 3 is 2.60 bits per heavy atom. The molecule has 2 N–H and O–H groups in total. The molecule has 1 aromatic heterocycles. The zero-order chi connectivity index (χ0) is 17.8. The maximum atomic E-state index is 12.2. The third-order valence-corrected chi connectivity index (χ3v) is 3.81. The van der Waals surface area contributed by atoms with E-state index < -0.39 is 0 Å². The summed E-state index contributed by atoms with van der Waals surface area (Å²) in [5.74, 6) is 0.217. The molecule has 0 aliphatic carbocycles. The number of carbonyl (C=O) groups is 1. The van der Waals surface area contributed by atoms with Crippen molar-refractivity contribution in [3.05, 3.63) is 75.9 Å². The quantitative estimate of drug-likeness (QED) is 0.736. The van der Waals surface area contributed by atoms with Crippen molar-refractivity contribution in [1.82, 2.24) is 9.55 Å². The van der Waals surface area contributed by atoms with Crippen LogP contribution in [0.25, 0.3) is 5.69 Å². The first-order valence-electron chi connectivity index (χ1n) is 7.59. The number of aromatic amines is 1. The molecule has 0 unspecified atom stereocenters. The molecule has 7 heteroatoms. The van der Waals surface area contributed by atoms with Gasteiger partial charge in [0.2, 0.25) is 0 Å². The number of hydrogen-bond donors (Lipinski definition) is 2. The second kappa shape index (κ2) is 7.27. The van der Waals surface area contributed by atoms with Crippen LogP contribution in [0.15, 0.2) is 59.5 Å². The molecule has 0 saturated carbocycles. The number of imidazole rings is 1. The minimum absolute atomic E-state index is 0.156. The van der Waals surface area contributed by atoms with Crippen LogP contribution in [-0.4, -0.2) is 22.1 Å². The summed E-state index contributed by atoms with van der Waals surface area (Å²) in [6.07, 6.45) is 1.62. The van der Waals surface area contributed by atoms with Gasteiger partial charge in [0, 0.05) is 16.9 Å². The number of hydrogen-bond acceptors (Lipinski definition) is 3. The number of benzene rings is 2. The summed E-state index contributed by atoms with van der Waals surface area (Å²) in [6, 6.07) is 13.8. The highest BCUT2D eigenvalue weighted by molar-refractivity contribution is 6.30. The molecule has 0 bridgehead atoms. The molecule has 3 aromatic rings. The molecule has 2 aromatic carbocycles. The fraction of sp³-hybridized carbons (Fsp3) is 0.111. The molecular formula is C18H16ClN3O3. The van der Waals surface area contributed by atoms with E-state index in [0.29, 0.717) is 22.1 Å². The van der Waals surface area contributed by atoms with Gasteiger partial charge in [0.25, 0.3) is 5.91 Å². The van der Waals surface area contributed by atoms with Gasteiger partial charge in [-0.3, -0.25) is 9.36 Å². The Bertz CT molecular complexity index is 945. The van der Waals surface area contributed by atoms with E-state index in [1.807, 2.05) is 0 Å². The van der Waals surface area contributed by atoms with Crippen LogP contribution in [0.5, 0.6) is 5.75 Å². The highest BCUT2D eigenvalue weighted by atomic mass is 35.5. The van der Waals surface area contributed by atoms with Crippen molar-refractivity contribution < 1.29 is 9.53 Å². The number of nitrogens with one attached hydrogen (secondary N) is 2. The van der Waals surface area contributed by atoms with Crippen molar-refractivity contribution in [2.24, 2.45) is 0 Å². The Labute approximate surface area is 149 Å². The van der Waals surface area contributed by atoms with Crippen molar-refractivity contribution >= 4 is 23.2 Å². The van der Waals surface area contributed by atoms with Crippen LogP contribution in [-0.2, 0) is 4.79 Å². The van der Waals surface area contributed by atoms with Gasteiger partial charge in [-0.25, -0.2) is 4.79 Å². The van der Waals surface area contributed by atoms with Gasteiger partial charge >= 0.3 is 5.69 Å². The standard InChI is InChI=1S/C18H16ClN3O3/c1-12-10-20-18(24)22(12)16-5-3-2-4-15(16)21-17(23)11-25-14-8-6-13(19)7-9-14/h2-10H,11H2,1H3,(H,20,24)(H,21,23). The van der Waals surface area contributed by atoms with Crippen molar-refractivity contribution in [2.75, 3.05) is 11.9 Å². The van der Waals surface area contributed by atoms with E-state index in [1.165, 1.54) is 4.57 Å². The minimum Gasteiger partial charge on any atom is -0.484 e. The summed E-state index contributed by atoms with van der Waals surface area (Å²) in [4.78, 5) is 26.8. The lowest BCUT2D eigenvalue weighted by atomic mass is 10.2. The smallest absolute Gasteiger partial charge is 0.330 e. The van der Waals surface area contributed by atoms with E-state index in [0.717, 1.165) is 5.69 Å². The first-order chi connectivity index (χ1) is 12.0. The Hall–Kier alpha value is -2.99. The number of halogens is 1. The number of carbonyl (C=O) groups excluding carboxylic acids is 1. The van der Waals surface area contributed by atoms with Crippen LogP contribution in [0, 0.1) is 6.92 Å². The van der Waals surface area contributed by atoms with Gasteiger partial charge in [0.1, 0.15) is 5.75 Å². The first kappa shape index (κ1) is 16.9. The maximum Gasteiger partial charge on any atom is 0.330 e. The summed E-state index contributed by atoms with van der Waals surface area (Å²) in [6.45, 7) is 1.65. The predicted molar refractivity (Wildman–Crippen MR) is 96.7 cm³/mol. The van der Waals surface area contributed by atoms with Gasteiger partial charge < -0.3 is 15.0 Å². The molecule has 3 rings (SSSR count). The van der Waals surface area contributed by atoms with Crippen LogP contribution < -0.4 is 15.7 Å². The Balaban J connectivity index is 1.74. The molecule has 1 amide bonds. The minimum atomic E-state index is -0.330. The lowest BCUT2D eigenvalue weighted by molar-refractivity contribution is -0.118. The van der Waals surface area contributed by atoms with Crippen LogP contribution >= 0.6 is 11.6 Å². The summed E-state index contributed by atoms with van der Waals surface area (Å²) >= 11 is 5.81. The summed E-state index contributed by atoms with van der Waals surface area (Å²) in [5.41, 5.74) is 1.59. The lowest BCUT2D eigenvalue weighted by Gasteiger charge is -2.13. The van der Waals surface area contributed by atoms with Crippen molar-refractivity contribution in [3.8, 4) is 11.4 Å². The van der Waals surface area contributed by atoms with Crippen molar-refractivity contribution in [1.29, 1.82) is 0 Å². The van der Waals surface area contributed by atoms with Gasteiger partial charge in [0.05, 0.1) is 11.4 Å². The highest BCUT2D eigenvalue weighted by Gasteiger charge is 2.12. The van der Waals surface area contributed by atoms with E-state index >= 15 is 0 Å². The number of ether oxygens (including phenoxy) is 1. The molecule has 25 heavy (non-hydrogen) atoms. The largest absolute Gasteiger partial charge is 0.484 e. The highest BCUT2D eigenvalue weighted by Crippen LogP contribution is 2.20. The molecule has 0 saturated heterocycles. The number of rotatable bonds is 5. The third-order valence-electron chi connectivity index (χ3n) is 3.56. The lowest BCUT2D eigenvalue weighted by Crippen LogP contribution is -2.23. The molecular weight excluding hydrogens is 342 g/mol. The van der Waals surface area contributed by atoms with E-state index in [1.54, 1.807) is 61.7 Å². The Kier molecular flexibility index (Phi) is 4.90. The van der Waals surface area contributed by atoms with Crippen LogP contribution in [0.4, 0.5) is 5.69 Å². The normalized spacial score (nSPS) is 10.5. The summed E-state index contributed by atoms with van der Waals surface area (Å²) in [5, 5.41) is 3.37. The number of aryl methyl sites for hydroxylation is 1. The van der Waals surface area contributed by atoms with Gasteiger partial charge in [-0.05, 0) is 43.3 Å². The van der Waals surface area contributed by atoms with Gasteiger partial charge in [-0.1, -0.05) is 23.7 Å². The zero-order valence-corrected chi connectivity index (χ0v) is 14.2. The SMILES string of the molecule is Cc1c[nH]c(=O)n1-c1ccccc1NC(=O)COc1ccc(Cl)cc1. The van der Waals surface area contributed by atoms with E-state index in [2.05, 4.69) is 10.3 Å². The van der Waals surface area contributed by atoms with Crippen LogP contribution in [0.1, 0.15) is 5.69 Å². The van der Waals surface area contributed by atoms with E-state index in [4.69, 9.17) is 16.3 Å². The molecule has 0 radical (unpaired) electrons. The number of para-hydroxylation sites is 2. The molecule has 0 aliphatic rings. The molecule has 1 heterocycles. The van der Waals surface area contributed by atoms with Gasteiger partial charge in [0.15, 0.2) is 6.61 Å². The Morgan fingerprint density at radius 2 is 1.92 bits per heavy atom. The molecule has 0 atom stereocenters. The van der Waals surface area contributed by atoms with Gasteiger partial charge in [-0.15, -0.1) is 0 Å². The number of nitrogens with zero attached hydrogens (tertiary/aromatic N) is 1. The molecule has 128 valence electrons. The molecule has 0 fully saturated rings. The second-order valence-corrected chi connectivity index (χ2v) is 5.81. The molecule has 0 spiro atoms. The second-order valence-electron chi connectivity index (χ2n) is 5.38. The van der Waals surface area contributed by atoms with Gasteiger partial charge in [-0.2, -0.15) is 0 Å². The van der Waals surface area contributed by atoms with Crippen LogP contribution in [0.2, 0.25) is 5.02 Å². The van der Waals surface area contributed by atoms with E-state index in [9.17, 15) is 9.59 Å². The average molecular weight is 358 g/mol. The summed E-state index contributed by atoms with van der Waals surface area (Å²) < 4.78 is 6.92. The zero-order valence-electron chi connectivity index (χ0n) is 13.5. The van der Waals surface area contributed by atoms with Crippen LogP contribution in [0.3, 0.4) is 0 Å². The molecule has 0 aliphatic heterocycles. The topological polar surface area (TPSA) is 76.1 Å². The van der Waals surface area contributed by atoms with E-state index in [-0.39, 0.29) is 18.2 Å². The molecule has 6 nitrogen and oxygen atoms in total. The summed E-state index contributed by atoms with van der Waals surface area (Å²) in [7, 11) is 0. The van der Waals surface area contributed by atoms with Crippen molar-refractivity contribution in [3.63, 3.8) is 0 Å². The fourth-order valence-electron chi connectivity index (χ4n) is 2.40. The third kappa shape index (κ3) is 3.92. The fourth-order valence-corrected chi connectivity index (χ4v) is 2.52. The first-order valence-corrected chi connectivity index (χ1v) is 7.97. The predicted octanol–water partition coefficient (Wildman–Crippen LogP) is 3.14. The number of aromatic nitrogens is 2. The average Bonchev–Trinajstić information content (AvgIpc) is 2.94. The van der Waals surface area contributed by atoms with Crippen molar-refractivity contribution in [2.45, 2.75) is 6.92 Å². The maximum absolute atomic E-state index is 12.2. The number of anilines is 1. The number of H-pyrrole nitrogens is 1. The monoisotopic (exact) mass is 357 g/mol. The Morgan fingerprint density at radius 1 is 1.20 bits per heavy atom.